The van der Waals surface area contributed by atoms with Gasteiger partial charge in [-0.1, -0.05) is 18.2 Å². The molecule has 0 saturated carbocycles. The molecule has 2 amide bonds. The van der Waals surface area contributed by atoms with Crippen LogP contribution in [0.25, 0.3) is 0 Å². The topological polar surface area (TPSA) is 95.5 Å². The third-order valence-electron chi connectivity index (χ3n) is 3.55. The Morgan fingerprint density at radius 3 is 2.19 bits per heavy atom. The molecule has 0 aliphatic heterocycles. The Balaban J connectivity index is 1.77. The largest absolute Gasteiger partial charge is 0.478 e. The summed E-state index contributed by atoms with van der Waals surface area (Å²) in [5.74, 6) is -1.73. The van der Waals surface area contributed by atoms with Gasteiger partial charge in [-0.15, -0.1) is 11.3 Å². The first-order valence-electron chi connectivity index (χ1n) is 7.63. The third kappa shape index (κ3) is 3.96. The number of benzene rings is 2. The molecule has 1 aromatic heterocycles. The molecule has 3 aromatic rings. The summed E-state index contributed by atoms with van der Waals surface area (Å²) in [6, 6.07) is 16.0. The zero-order chi connectivity index (χ0) is 18.5. The summed E-state index contributed by atoms with van der Waals surface area (Å²) in [7, 11) is 0. The summed E-state index contributed by atoms with van der Waals surface area (Å²) in [6.07, 6.45) is 0. The second-order valence-electron chi connectivity index (χ2n) is 5.31. The van der Waals surface area contributed by atoms with Gasteiger partial charge in [0.1, 0.15) is 0 Å². The number of carbonyl (C=O) groups excluding carboxylic acids is 2. The summed E-state index contributed by atoms with van der Waals surface area (Å²) in [5, 5.41) is 16.1. The van der Waals surface area contributed by atoms with Crippen LogP contribution in [0.3, 0.4) is 0 Å². The van der Waals surface area contributed by atoms with Crippen LogP contribution in [0.15, 0.2) is 66.0 Å². The number of aromatic carboxylic acids is 1. The van der Waals surface area contributed by atoms with Gasteiger partial charge >= 0.3 is 5.97 Å². The highest BCUT2D eigenvalue weighted by Gasteiger charge is 2.15. The molecular weight excluding hydrogens is 352 g/mol. The fourth-order valence-corrected chi connectivity index (χ4v) is 2.90. The second-order valence-corrected chi connectivity index (χ2v) is 6.26. The van der Waals surface area contributed by atoms with E-state index in [2.05, 4.69) is 10.6 Å². The van der Waals surface area contributed by atoms with Crippen molar-refractivity contribution in [1.29, 1.82) is 0 Å². The number of anilines is 2. The molecule has 3 N–H and O–H groups in total. The molecule has 0 spiro atoms. The van der Waals surface area contributed by atoms with E-state index < -0.39 is 11.9 Å². The van der Waals surface area contributed by atoms with Crippen LogP contribution in [0.5, 0.6) is 0 Å². The molecule has 0 aliphatic carbocycles. The highest BCUT2D eigenvalue weighted by molar-refractivity contribution is 7.12. The third-order valence-corrected chi connectivity index (χ3v) is 4.42. The Kier molecular flexibility index (Phi) is 5.09. The summed E-state index contributed by atoms with van der Waals surface area (Å²) in [5.41, 5.74) is 1.29. The maximum Gasteiger partial charge on any atom is 0.335 e. The van der Waals surface area contributed by atoms with Crippen molar-refractivity contribution in [2.75, 3.05) is 10.6 Å². The maximum atomic E-state index is 12.5. The molecule has 7 heteroatoms. The highest BCUT2D eigenvalue weighted by atomic mass is 32.1. The molecule has 0 bridgehead atoms. The predicted octanol–water partition coefficient (Wildman–Crippen LogP) is 3.95. The number of carbonyl (C=O) groups is 3. The van der Waals surface area contributed by atoms with E-state index in [-0.39, 0.29) is 11.5 Å². The minimum Gasteiger partial charge on any atom is -0.478 e. The van der Waals surface area contributed by atoms with Crippen LogP contribution in [0.4, 0.5) is 11.4 Å². The molecule has 3 rings (SSSR count). The maximum absolute atomic E-state index is 12.5. The number of hydrogen-bond acceptors (Lipinski definition) is 4. The Morgan fingerprint density at radius 2 is 1.54 bits per heavy atom. The van der Waals surface area contributed by atoms with Gasteiger partial charge < -0.3 is 15.7 Å². The van der Waals surface area contributed by atoms with Gasteiger partial charge in [0.15, 0.2) is 0 Å². The van der Waals surface area contributed by atoms with Crippen LogP contribution >= 0.6 is 11.3 Å². The Labute approximate surface area is 153 Å². The number of hydrogen-bond donors (Lipinski definition) is 3. The quantitative estimate of drug-likeness (QED) is 0.637. The van der Waals surface area contributed by atoms with Gasteiger partial charge in [-0.2, -0.15) is 0 Å². The molecule has 2 aromatic carbocycles. The number of amides is 2. The molecule has 1 heterocycles. The summed E-state index contributed by atoms with van der Waals surface area (Å²) in [4.78, 5) is 36.2. The zero-order valence-electron chi connectivity index (χ0n) is 13.4. The monoisotopic (exact) mass is 366 g/mol. The van der Waals surface area contributed by atoms with E-state index in [1.54, 1.807) is 41.8 Å². The minimum absolute atomic E-state index is 0.131. The van der Waals surface area contributed by atoms with Crippen molar-refractivity contribution in [1.82, 2.24) is 0 Å². The van der Waals surface area contributed by atoms with Crippen LogP contribution in [0.1, 0.15) is 30.4 Å². The predicted molar refractivity (Wildman–Crippen MR) is 100 cm³/mol. The van der Waals surface area contributed by atoms with Crippen molar-refractivity contribution in [2.45, 2.75) is 0 Å². The van der Waals surface area contributed by atoms with Crippen LogP contribution in [-0.2, 0) is 0 Å². The van der Waals surface area contributed by atoms with Crippen molar-refractivity contribution in [3.05, 3.63) is 82.0 Å². The molecule has 26 heavy (non-hydrogen) atoms. The Morgan fingerprint density at radius 1 is 0.808 bits per heavy atom. The van der Waals surface area contributed by atoms with Crippen molar-refractivity contribution >= 4 is 40.5 Å². The normalized spacial score (nSPS) is 10.2. The van der Waals surface area contributed by atoms with Gasteiger partial charge in [-0.3, -0.25) is 9.59 Å². The average molecular weight is 366 g/mol. The fraction of sp³-hybridized carbons (Fsp3) is 0. The van der Waals surface area contributed by atoms with Crippen LogP contribution in [0.2, 0.25) is 0 Å². The molecule has 0 radical (unpaired) electrons. The van der Waals surface area contributed by atoms with E-state index in [0.717, 1.165) is 0 Å². The number of rotatable bonds is 5. The van der Waals surface area contributed by atoms with Gasteiger partial charge in [-0.25, -0.2) is 4.79 Å². The molecule has 0 saturated heterocycles. The van der Waals surface area contributed by atoms with Crippen LogP contribution < -0.4 is 10.6 Å². The second kappa shape index (κ2) is 7.62. The molecule has 0 atom stereocenters. The fourth-order valence-electron chi connectivity index (χ4n) is 2.28. The summed E-state index contributed by atoms with van der Waals surface area (Å²) < 4.78 is 0. The standard InChI is InChI=1S/C19H14N2O4S/c22-17(20-13-9-7-12(8-10-13)19(24)25)14-4-1-2-5-15(14)21-18(23)16-6-3-11-26-16/h1-11H,(H,20,22)(H,21,23)(H,24,25). The molecule has 6 nitrogen and oxygen atoms in total. The lowest BCUT2D eigenvalue weighted by Gasteiger charge is -2.11. The van der Waals surface area contributed by atoms with Crippen LogP contribution in [-0.4, -0.2) is 22.9 Å². The average Bonchev–Trinajstić information content (AvgIpc) is 3.17. The van der Waals surface area contributed by atoms with Crippen molar-refractivity contribution in [3.8, 4) is 0 Å². The minimum atomic E-state index is -1.04. The molecular formula is C19H14N2O4S. The van der Waals surface area contributed by atoms with Gasteiger partial charge in [-0.05, 0) is 47.8 Å². The van der Waals surface area contributed by atoms with E-state index in [0.29, 0.717) is 21.8 Å². The molecule has 0 fully saturated rings. The van der Waals surface area contributed by atoms with Gasteiger partial charge in [0.2, 0.25) is 0 Å². The van der Waals surface area contributed by atoms with E-state index in [4.69, 9.17) is 5.11 Å². The number of nitrogens with one attached hydrogen (secondary N) is 2. The van der Waals surface area contributed by atoms with E-state index in [9.17, 15) is 14.4 Å². The van der Waals surface area contributed by atoms with Crippen molar-refractivity contribution < 1.29 is 19.5 Å². The molecule has 0 aliphatic rings. The Bertz CT molecular complexity index is 950. The Hall–Kier alpha value is -3.45. The van der Waals surface area contributed by atoms with E-state index >= 15 is 0 Å². The van der Waals surface area contributed by atoms with Crippen molar-refractivity contribution in [2.24, 2.45) is 0 Å². The van der Waals surface area contributed by atoms with Crippen LogP contribution in [0, 0.1) is 0 Å². The first-order chi connectivity index (χ1) is 12.5. The summed E-state index contributed by atoms with van der Waals surface area (Å²) >= 11 is 1.31. The summed E-state index contributed by atoms with van der Waals surface area (Å²) in [6.45, 7) is 0. The smallest absolute Gasteiger partial charge is 0.335 e. The lowest BCUT2D eigenvalue weighted by molar-refractivity contribution is 0.0696. The van der Waals surface area contributed by atoms with E-state index in [1.807, 2.05) is 0 Å². The zero-order valence-corrected chi connectivity index (χ0v) is 14.2. The first-order valence-corrected chi connectivity index (χ1v) is 8.51. The van der Waals surface area contributed by atoms with Gasteiger partial charge in [0, 0.05) is 5.69 Å². The molecule has 0 unspecified atom stereocenters. The first kappa shape index (κ1) is 17.4. The lowest BCUT2D eigenvalue weighted by Crippen LogP contribution is -2.17. The SMILES string of the molecule is O=C(O)c1ccc(NC(=O)c2ccccc2NC(=O)c2cccs2)cc1. The molecule has 130 valence electrons. The van der Waals surface area contributed by atoms with Gasteiger partial charge in [0.05, 0.1) is 21.7 Å². The number of carboxylic acids is 1. The highest BCUT2D eigenvalue weighted by Crippen LogP contribution is 2.20. The number of carboxylic acid groups (broad SMARTS) is 1. The lowest BCUT2D eigenvalue weighted by atomic mass is 10.1. The van der Waals surface area contributed by atoms with E-state index in [1.165, 1.54) is 35.6 Å². The number of para-hydroxylation sites is 1. The van der Waals surface area contributed by atoms with Gasteiger partial charge in [0.25, 0.3) is 11.8 Å². The number of thiophene rings is 1. The van der Waals surface area contributed by atoms with Crippen molar-refractivity contribution in [3.63, 3.8) is 0 Å².